The monoisotopic (exact) mass is 233 g/mol. The molecule has 0 radical (unpaired) electrons. The number of ether oxygens (including phenoxy) is 1. The minimum absolute atomic E-state index is 0.138. The molecule has 1 N–H and O–H groups in total. The number of hydrogen-bond donors (Lipinski definition) is 1. The fraction of sp³-hybridized carbons (Fsp3) is 0.600. The Morgan fingerprint density at radius 2 is 2.06 bits per heavy atom. The molecule has 94 valence electrons. The molecule has 0 aromatic heterocycles. The summed E-state index contributed by atoms with van der Waals surface area (Å²) in [6.45, 7) is 11.6. The topological polar surface area (TPSA) is 21.3 Å². The zero-order valence-corrected chi connectivity index (χ0v) is 11.4. The smallest absolute Gasteiger partial charge is 0.127 e. The molecule has 0 spiro atoms. The van der Waals surface area contributed by atoms with Gasteiger partial charge in [-0.25, -0.2) is 0 Å². The van der Waals surface area contributed by atoms with Crippen LogP contribution in [-0.4, -0.2) is 13.2 Å². The lowest BCUT2D eigenvalue weighted by molar-refractivity contribution is 0.317. The number of aryl methyl sites for hydroxylation is 1. The Kier molecular flexibility index (Phi) is 3.43. The summed E-state index contributed by atoms with van der Waals surface area (Å²) in [5, 5.41) is 3.41. The van der Waals surface area contributed by atoms with E-state index in [-0.39, 0.29) is 5.41 Å². The highest BCUT2D eigenvalue weighted by atomic mass is 16.5. The molecule has 0 aliphatic carbocycles. The Balaban J connectivity index is 2.55. The van der Waals surface area contributed by atoms with Crippen molar-refractivity contribution in [2.75, 3.05) is 13.2 Å². The number of fused-ring (bicyclic) bond motifs is 1. The van der Waals surface area contributed by atoms with E-state index >= 15 is 0 Å². The summed E-state index contributed by atoms with van der Waals surface area (Å²) in [4.78, 5) is 0. The van der Waals surface area contributed by atoms with Gasteiger partial charge in [0.15, 0.2) is 0 Å². The highest BCUT2D eigenvalue weighted by Crippen LogP contribution is 2.36. The first-order valence-electron chi connectivity index (χ1n) is 6.52. The van der Waals surface area contributed by atoms with E-state index in [2.05, 4.69) is 45.1 Å². The van der Waals surface area contributed by atoms with Crippen LogP contribution < -0.4 is 10.1 Å². The van der Waals surface area contributed by atoms with Crippen molar-refractivity contribution in [2.45, 2.75) is 46.1 Å². The normalized spacial score (nSPS) is 16.0. The van der Waals surface area contributed by atoms with Gasteiger partial charge >= 0.3 is 0 Å². The predicted octanol–water partition coefficient (Wildman–Crippen LogP) is 3.03. The van der Waals surface area contributed by atoms with Crippen LogP contribution in [0.2, 0.25) is 0 Å². The Hall–Kier alpha value is -1.02. The molecule has 1 aliphatic heterocycles. The van der Waals surface area contributed by atoms with Crippen LogP contribution in [0.15, 0.2) is 12.1 Å². The van der Waals surface area contributed by atoms with Gasteiger partial charge in [-0.05, 0) is 17.4 Å². The standard InChI is InChI=1S/C15H23NO/c1-5-11-8-12-10-16-6-7-17-14(12)13(9-11)15(2,3)4/h8-9,16H,5-7,10H2,1-4H3. The lowest BCUT2D eigenvalue weighted by Gasteiger charge is -2.25. The third-order valence-electron chi connectivity index (χ3n) is 3.28. The van der Waals surface area contributed by atoms with Crippen LogP contribution in [0.5, 0.6) is 5.75 Å². The summed E-state index contributed by atoms with van der Waals surface area (Å²) in [6, 6.07) is 4.59. The Morgan fingerprint density at radius 3 is 2.71 bits per heavy atom. The van der Waals surface area contributed by atoms with Gasteiger partial charge in [0.25, 0.3) is 0 Å². The van der Waals surface area contributed by atoms with Gasteiger partial charge < -0.3 is 10.1 Å². The minimum atomic E-state index is 0.138. The Bertz CT molecular complexity index is 404. The largest absolute Gasteiger partial charge is 0.492 e. The molecule has 1 aliphatic rings. The van der Waals surface area contributed by atoms with Crippen LogP contribution >= 0.6 is 0 Å². The number of rotatable bonds is 1. The molecule has 1 aromatic carbocycles. The zero-order valence-electron chi connectivity index (χ0n) is 11.4. The number of benzene rings is 1. The van der Waals surface area contributed by atoms with Crippen molar-refractivity contribution in [2.24, 2.45) is 0 Å². The second-order valence-electron chi connectivity index (χ2n) is 5.76. The third kappa shape index (κ3) is 2.63. The SMILES string of the molecule is CCc1cc2c(c(C(C)(C)C)c1)OCCNC2. The molecule has 17 heavy (non-hydrogen) atoms. The van der Waals surface area contributed by atoms with Gasteiger partial charge in [-0.15, -0.1) is 0 Å². The minimum Gasteiger partial charge on any atom is -0.492 e. The molecular weight excluding hydrogens is 210 g/mol. The third-order valence-corrected chi connectivity index (χ3v) is 3.28. The van der Waals surface area contributed by atoms with Gasteiger partial charge in [0.05, 0.1) is 0 Å². The van der Waals surface area contributed by atoms with Gasteiger partial charge in [-0.1, -0.05) is 39.8 Å². The van der Waals surface area contributed by atoms with E-state index in [1.807, 2.05) is 0 Å². The van der Waals surface area contributed by atoms with Crippen molar-refractivity contribution < 1.29 is 4.74 Å². The molecule has 2 rings (SSSR count). The molecule has 0 fully saturated rings. The van der Waals surface area contributed by atoms with Gasteiger partial charge in [0, 0.05) is 24.2 Å². The molecule has 2 nitrogen and oxygen atoms in total. The van der Waals surface area contributed by atoms with Crippen molar-refractivity contribution in [1.82, 2.24) is 5.32 Å². The molecule has 0 saturated carbocycles. The second-order valence-corrected chi connectivity index (χ2v) is 5.76. The van der Waals surface area contributed by atoms with Gasteiger partial charge in [0.1, 0.15) is 12.4 Å². The van der Waals surface area contributed by atoms with Gasteiger partial charge in [-0.2, -0.15) is 0 Å². The maximum Gasteiger partial charge on any atom is 0.127 e. The molecule has 0 saturated heterocycles. The van der Waals surface area contributed by atoms with Crippen LogP contribution in [0.1, 0.15) is 44.4 Å². The van der Waals surface area contributed by atoms with Crippen LogP contribution in [0.4, 0.5) is 0 Å². The van der Waals surface area contributed by atoms with Gasteiger partial charge in [-0.3, -0.25) is 0 Å². The molecule has 0 unspecified atom stereocenters. The van der Waals surface area contributed by atoms with Crippen molar-refractivity contribution in [3.05, 3.63) is 28.8 Å². The summed E-state index contributed by atoms with van der Waals surface area (Å²) < 4.78 is 5.94. The second kappa shape index (κ2) is 4.69. The van der Waals surface area contributed by atoms with Crippen molar-refractivity contribution in [1.29, 1.82) is 0 Å². The van der Waals surface area contributed by atoms with Crippen molar-refractivity contribution in [3.63, 3.8) is 0 Å². The molecule has 2 heteroatoms. The highest BCUT2D eigenvalue weighted by molar-refractivity contribution is 5.48. The molecule has 0 amide bonds. The zero-order chi connectivity index (χ0) is 12.5. The molecular formula is C15H23NO. The van der Waals surface area contributed by atoms with E-state index < -0.39 is 0 Å². The summed E-state index contributed by atoms with van der Waals surface area (Å²) in [6.07, 6.45) is 1.08. The first kappa shape index (κ1) is 12.4. The van der Waals surface area contributed by atoms with Crippen LogP contribution in [0.25, 0.3) is 0 Å². The van der Waals surface area contributed by atoms with Crippen LogP contribution in [0, 0.1) is 0 Å². The fourth-order valence-corrected chi connectivity index (χ4v) is 2.27. The van der Waals surface area contributed by atoms with Crippen LogP contribution in [0.3, 0.4) is 0 Å². The highest BCUT2D eigenvalue weighted by Gasteiger charge is 2.23. The van der Waals surface area contributed by atoms with E-state index in [0.29, 0.717) is 0 Å². The van der Waals surface area contributed by atoms with Crippen molar-refractivity contribution in [3.8, 4) is 5.75 Å². The maximum atomic E-state index is 5.94. The number of hydrogen-bond acceptors (Lipinski definition) is 2. The van der Waals surface area contributed by atoms with Gasteiger partial charge in [0.2, 0.25) is 0 Å². The fourth-order valence-electron chi connectivity index (χ4n) is 2.27. The number of nitrogens with one attached hydrogen (secondary N) is 1. The molecule has 1 heterocycles. The van der Waals surface area contributed by atoms with E-state index in [1.165, 1.54) is 16.7 Å². The first-order valence-corrected chi connectivity index (χ1v) is 6.52. The molecule has 1 aromatic rings. The van der Waals surface area contributed by atoms with E-state index in [4.69, 9.17) is 4.74 Å². The molecule has 0 atom stereocenters. The van der Waals surface area contributed by atoms with E-state index in [9.17, 15) is 0 Å². The summed E-state index contributed by atoms with van der Waals surface area (Å²) in [5.74, 6) is 1.11. The average molecular weight is 233 g/mol. The maximum absolute atomic E-state index is 5.94. The molecule has 0 bridgehead atoms. The van der Waals surface area contributed by atoms with Crippen LogP contribution in [-0.2, 0) is 18.4 Å². The average Bonchev–Trinajstić information content (AvgIpc) is 2.50. The van der Waals surface area contributed by atoms with E-state index in [0.717, 1.165) is 31.9 Å². The lowest BCUT2D eigenvalue weighted by atomic mass is 9.83. The van der Waals surface area contributed by atoms with Crippen molar-refractivity contribution >= 4 is 0 Å². The lowest BCUT2D eigenvalue weighted by Crippen LogP contribution is -2.16. The Morgan fingerprint density at radius 1 is 1.29 bits per heavy atom. The quantitative estimate of drug-likeness (QED) is 0.805. The summed E-state index contributed by atoms with van der Waals surface area (Å²) in [7, 11) is 0. The summed E-state index contributed by atoms with van der Waals surface area (Å²) >= 11 is 0. The Labute approximate surface area is 104 Å². The summed E-state index contributed by atoms with van der Waals surface area (Å²) in [5.41, 5.74) is 4.20. The first-order chi connectivity index (χ1) is 8.02. The van der Waals surface area contributed by atoms with E-state index in [1.54, 1.807) is 0 Å². The predicted molar refractivity (Wildman–Crippen MR) is 71.7 cm³/mol.